The quantitative estimate of drug-likeness (QED) is 0.415. The Morgan fingerprint density at radius 3 is 2.60 bits per heavy atom. The fraction of sp³-hybridized carbons (Fsp3) is 0.462. The second kappa shape index (κ2) is 10.8. The first-order valence-electron chi connectivity index (χ1n) is 12.2. The van der Waals surface area contributed by atoms with Crippen LogP contribution >= 0.6 is 23.2 Å². The van der Waals surface area contributed by atoms with E-state index in [9.17, 15) is 4.39 Å². The van der Waals surface area contributed by atoms with Gasteiger partial charge in [0.1, 0.15) is 17.9 Å². The summed E-state index contributed by atoms with van der Waals surface area (Å²) in [5.74, 6) is 1.12. The van der Waals surface area contributed by atoms with Gasteiger partial charge in [-0.3, -0.25) is 9.80 Å². The zero-order valence-electron chi connectivity index (χ0n) is 19.8. The molecule has 1 atom stereocenters. The van der Waals surface area contributed by atoms with Gasteiger partial charge < -0.3 is 9.32 Å². The highest BCUT2D eigenvalue weighted by atomic mass is 35.5. The Labute approximate surface area is 215 Å². The molecule has 0 radical (unpaired) electrons. The Kier molecular flexibility index (Phi) is 7.58. The number of likely N-dealkylation sites (tertiary alicyclic amines) is 1. The monoisotopic (exact) mass is 517 g/mol. The lowest BCUT2D eigenvalue weighted by Gasteiger charge is -2.47. The van der Waals surface area contributed by atoms with E-state index in [0.29, 0.717) is 40.1 Å². The van der Waals surface area contributed by atoms with Gasteiger partial charge in [-0.25, -0.2) is 14.4 Å². The van der Waals surface area contributed by atoms with Crippen LogP contribution in [0.25, 0.3) is 11.5 Å². The number of nitrogens with zero attached hydrogens (tertiary/aromatic N) is 5. The molecule has 6 nitrogen and oxygen atoms in total. The molecule has 0 saturated carbocycles. The maximum absolute atomic E-state index is 14.2. The predicted octanol–water partition coefficient (Wildman–Crippen LogP) is 5.75. The van der Waals surface area contributed by atoms with Crippen LogP contribution in [0.1, 0.15) is 31.7 Å². The van der Waals surface area contributed by atoms with Crippen LogP contribution in [0.2, 0.25) is 10.0 Å². The molecule has 1 aromatic carbocycles. The maximum atomic E-state index is 14.2. The van der Waals surface area contributed by atoms with Crippen LogP contribution < -0.4 is 4.90 Å². The van der Waals surface area contributed by atoms with E-state index in [-0.39, 0.29) is 5.82 Å². The van der Waals surface area contributed by atoms with E-state index in [4.69, 9.17) is 27.6 Å². The van der Waals surface area contributed by atoms with Crippen molar-refractivity contribution in [3.63, 3.8) is 0 Å². The van der Waals surface area contributed by atoms with Crippen molar-refractivity contribution >= 4 is 29.0 Å². The van der Waals surface area contributed by atoms with Gasteiger partial charge in [0, 0.05) is 55.0 Å². The summed E-state index contributed by atoms with van der Waals surface area (Å²) in [5.41, 5.74) is 1.49. The van der Waals surface area contributed by atoms with Crippen molar-refractivity contribution < 1.29 is 8.81 Å². The first kappa shape index (κ1) is 24.5. The largest absolute Gasteiger partial charge is 0.444 e. The van der Waals surface area contributed by atoms with Crippen molar-refractivity contribution in [3.8, 4) is 11.5 Å². The van der Waals surface area contributed by atoms with Gasteiger partial charge in [-0.05, 0) is 50.6 Å². The standard InChI is InChI=1S/C26H30Cl2FN5O/c1-2-21-17-33(25-23(28)13-19(15-31-25)26-30-7-12-35-26)10-11-34(21)22-5-8-32(9-6-22)16-18-3-4-20(27)14-24(18)29/h3-4,7,12-15,21-22H,2,5-6,8-11,16-17H2,1H3/t21-/m0/s1. The van der Waals surface area contributed by atoms with Crippen molar-refractivity contribution in [2.24, 2.45) is 0 Å². The summed E-state index contributed by atoms with van der Waals surface area (Å²) < 4.78 is 19.6. The second-order valence-electron chi connectivity index (χ2n) is 9.36. The van der Waals surface area contributed by atoms with Crippen LogP contribution in [0.5, 0.6) is 0 Å². The molecule has 0 amide bonds. The van der Waals surface area contributed by atoms with Gasteiger partial charge in [-0.2, -0.15) is 0 Å². The van der Waals surface area contributed by atoms with E-state index in [1.54, 1.807) is 30.8 Å². The van der Waals surface area contributed by atoms with E-state index in [2.05, 4.69) is 31.6 Å². The Morgan fingerprint density at radius 1 is 1.09 bits per heavy atom. The molecular formula is C26H30Cl2FN5O. The van der Waals surface area contributed by atoms with Crippen molar-refractivity contribution in [3.05, 3.63) is 64.3 Å². The topological polar surface area (TPSA) is 48.6 Å². The van der Waals surface area contributed by atoms with Crippen molar-refractivity contribution in [2.75, 3.05) is 37.6 Å². The molecule has 2 aliphatic rings. The Balaban J connectivity index is 1.19. The summed E-state index contributed by atoms with van der Waals surface area (Å²) in [6, 6.07) is 7.83. The summed E-state index contributed by atoms with van der Waals surface area (Å²) >= 11 is 12.5. The number of piperidine rings is 1. The number of pyridine rings is 1. The van der Waals surface area contributed by atoms with Crippen molar-refractivity contribution in [1.29, 1.82) is 0 Å². The molecule has 2 saturated heterocycles. The first-order chi connectivity index (χ1) is 17.0. The van der Waals surface area contributed by atoms with Gasteiger partial charge in [-0.1, -0.05) is 36.2 Å². The number of piperazine rings is 1. The number of benzene rings is 1. The molecule has 9 heteroatoms. The van der Waals surface area contributed by atoms with Crippen LogP contribution in [0.4, 0.5) is 10.2 Å². The van der Waals surface area contributed by atoms with Gasteiger partial charge in [-0.15, -0.1) is 0 Å². The fourth-order valence-electron chi connectivity index (χ4n) is 5.35. The van der Waals surface area contributed by atoms with Gasteiger partial charge in [0.05, 0.1) is 16.8 Å². The van der Waals surface area contributed by atoms with E-state index in [1.807, 2.05) is 6.07 Å². The molecule has 0 spiro atoms. The summed E-state index contributed by atoms with van der Waals surface area (Å²) in [4.78, 5) is 16.2. The average Bonchev–Trinajstić information content (AvgIpc) is 3.41. The minimum atomic E-state index is -0.220. The zero-order chi connectivity index (χ0) is 24.4. The number of hydrogen-bond acceptors (Lipinski definition) is 6. The van der Waals surface area contributed by atoms with Crippen LogP contribution in [0.3, 0.4) is 0 Å². The highest BCUT2D eigenvalue weighted by Gasteiger charge is 2.34. The van der Waals surface area contributed by atoms with E-state index in [1.165, 1.54) is 6.07 Å². The highest BCUT2D eigenvalue weighted by molar-refractivity contribution is 6.33. The third-order valence-electron chi connectivity index (χ3n) is 7.24. The van der Waals surface area contributed by atoms with Gasteiger partial charge >= 0.3 is 0 Å². The third-order valence-corrected chi connectivity index (χ3v) is 7.75. The molecule has 5 rings (SSSR count). The zero-order valence-corrected chi connectivity index (χ0v) is 21.4. The van der Waals surface area contributed by atoms with Gasteiger partial charge in [0.15, 0.2) is 0 Å². The lowest BCUT2D eigenvalue weighted by Crippen LogP contribution is -2.58. The molecule has 4 heterocycles. The van der Waals surface area contributed by atoms with Crippen LogP contribution in [-0.2, 0) is 6.54 Å². The number of anilines is 1. The molecular weight excluding hydrogens is 488 g/mol. The van der Waals surface area contributed by atoms with Crippen LogP contribution in [0, 0.1) is 5.82 Å². The van der Waals surface area contributed by atoms with Crippen LogP contribution in [-0.4, -0.2) is 64.6 Å². The molecule has 3 aromatic rings. The third kappa shape index (κ3) is 5.48. The Morgan fingerprint density at radius 2 is 1.91 bits per heavy atom. The van der Waals surface area contributed by atoms with Crippen molar-refractivity contribution in [2.45, 2.75) is 44.8 Å². The number of halogens is 3. The number of oxazole rings is 1. The van der Waals surface area contributed by atoms with E-state index >= 15 is 0 Å². The minimum absolute atomic E-state index is 0.220. The molecule has 186 valence electrons. The lowest BCUT2D eigenvalue weighted by atomic mass is 9.97. The number of rotatable bonds is 6. The normalized spacial score (nSPS) is 20.5. The molecule has 2 aliphatic heterocycles. The van der Waals surface area contributed by atoms with Crippen LogP contribution in [0.15, 0.2) is 47.3 Å². The van der Waals surface area contributed by atoms with E-state index in [0.717, 1.165) is 63.4 Å². The Hall–Kier alpha value is -2.19. The molecule has 2 aromatic heterocycles. The SMILES string of the molecule is CC[C@H]1CN(c2ncc(-c3ncco3)cc2Cl)CCN1C1CCN(Cc2ccc(Cl)cc2F)CC1. The summed E-state index contributed by atoms with van der Waals surface area (Å²) in [6.07, 6.45) is 8.19. The maximum Gasteiger partial charge on any atom is 0.227 e. The first-order valence-corrected chi connectivity index (χ1v) is 13.0. The molecule has 0 aliphatic carbocycles. The molecule has 0 N–H and O–H groups in total. The summed E-state index contributed by atoms with van der Waals surface area (Å²) in [6.45, 7) is 7.59. The number of aromatic nitrogens is 2. The minimum Gasteiger partial charge on any atom is -0.444 e. The average molecular weight is 518 g/mol. The smallest absolute Gasteiger partial charge is 0.227 e. The molecule has 0 unspecified atom stereocenters. The fourth-order valence-corrected chi connectivity index (χ4v) is 5.80. The van der Waals surface area contributed by atoms with Gasteiger partial charge in [0.25, 0.3) is 0 Å². The molecule has 2 fully saturated rings. The number of hydrogen-bond donors (Lipinski definition) is 0. The second-order valence-corrected chi connectivity index (χ2v) is 10.2. The highest BCUT2D eigenvalue weighted by Crippen LogP contribution is 2.31. The molecule has 0 bridgehead atoms. The predicted molar refractivity (Wildman–Crippen MR) is 137 cm³/mol. The summed E-state index contributed by atoms with van der Waals surface area (Å²) in [7, 11) is 0. The summed E-state index contributed by atoms with van der Waals surface area (Å²) in [5, 5.41) is 1.06. The van der Waals surface area contributed by atoms with Gasteiger partial charge in [0.2, 0.25) is 5.89 Å². The lowest BCUT2D eigenvalue weighted by molar-refractivity contribution is 0.0607. The van der Waals surface area contributed by atoms with E-state index < -0.39 is 0 Å². The Bertz CT molecular complexity index is 1140. The van der Waals surface area contributed by atoms with Crippen molar-refractivity contribution in [1.82, 2.24) is 19.8 Å². The molecule has 35 heavy (non-hydrogen) atoms.